The Kier molecular flexibility index (Phi) is 10.0. The van der Waals surface area contributed by atoms with E-state index in [1.165, 1.54) is 11.1 Å². The van der Waals surface area contributed by atoms with Crippen LogP contribution in [0, 0.1) is 0 Å². The van der Waals surface area contributed by atoms with Gasteiger partial charge in [-0.25, -0.2) is 0 Å². The topological polar surface area (TPSA) is 30.9 Å². The molecule has 1 aromatic rings. The van der Waals surface area contributed by atoms with Gasteiger partial charge < -0.3 is 10.2 Å². The fourth-order valence-electron chi connectivity index (χ4n) is 3.03. The van der Waals surface area contributed by atoms with Crippen LogP contribution in [0.1, 0.15) is 24.0 Å². The van der Waals surface area contributed by atoms with Crippen molar-refractivity contribution in [3.05, 3.63) is 48.0 Å². The van der Waals surface area contributed by atoms with E-state index in [4.69, 9.17) is 0 Å². The number of guanidine groups is 1. The van der Waals surface area contributed by atoms with Gasteiger partial charge in [0.1, 0.15) is 0 Å². The van der Waals surface area contributed by atoms with Gasteiger partial charge in [-0.2, -0.15) is 0 Å². The first-order valence-corrected chi connectivity index (χ1v) is 8.56. The molecule has 1 heterocycles. The quantitative estimate of drug-likeness (QED) is 0.232. The van der Waals surface area contributed by atoms with Crippen LogP contribution in [0.4, 0.5) is 0 Å². The molecule has 0 aliphatic carbocycles. The number of benzene rings is 1. The van der Waals surface area contributed by atoms with Gasteiger partial charge in [-0.1, -0.05) is 30.3 Å². The van der Waals surface area contributed by atoms with E-state index in [1.807, 2.05) is 13.1 Å². The summed E-state index contributed by atoms with van der Waals surface area (Å²) in [5.41, 5.74) is 2.99. The van der Waals surface area contributed by atoms with Gasteiger partial charge in [0.15, 0.2) is 5.96 Å². The first-order valence-electron chi connectivity index (χ1n) is 8.56. The van der Waals surface area contributed by atoms with Crippen molar-refractivity contribution in [3.63, 3.8) is 0 Å². The Bertz CT molecular complexity index is 530. The predicted octanol–water partition coefficient (Wildman–Crippen LogP) is 3.14. The van der Waals surface area contributed by atoms with Crippen LogP contribution in [0.25, 0.3) is 0 Å². The predicted molar refractivity (Wildman–Crippen MR) is 114 cm³/mol. The maximum absolute atomic E-state index is 4.37. The van der Waals surface area contributed by atoms with Crippen LogP contribution in [0.5, 0.6) is 0 Å². The second-order valence-electron chi connectivity index (χ2n) is 6.12. The third-order valence-electron chi connectivity index (χ3n) is 4.40. The van der Waals surface area contributed by atoms with Crippen molar-refractivity contribution < 1.29 is 0 Å². The lowest BCUT2D eigenvalue weighted by atomic mass is 10.00. The first kappa shape index (κ1) is 21.0. The zero-order chi connectivity index (χ0) is 16.5. The lowest BCUT2D eigenvalue weighted by Crippen LogP contribution is -2.43. The standard InChI is InChI=1S/C19H30N4.HI/c1-4-5-8-13-22(3)19(20-2)21-12-15-23-14-11-17-9-6-7-10-18(17)16-23;/h4,6-7,9-10H,1,5,8,11-16H2,2-3H3,(H,20,21);1H. The third-order valence-corrected chi connectivity index (χ3v) is 4.40. The summed E-state index contributed by atoms with van der Waals surface area (Å²) < 4.78 is 0. The highest BCUT2D eigenvalue weighted by Crippen LogP contribution is 2.17. The Morgan fingerprint density at radius 2 is 2.12 bits per heavy atom. The number of aliphatic imine (C=N–C) groups is 1. The molecule has 1 N–H and O–H groups in total. The second-order valence-corrected chi connectivity index (χ2v) is 6.12. The summed E-state index contributed by atoms with van der Waals surface area (Å²) in [5, 5.41) is 3.48. The van der Waals surface area contributed by atoms with Crippen molar-refractivity contribution in [3.8, 4) is 0 Å². The highest BCUT2D eigenvalue weighted by atomic mass is 127. The number of unbranched alkanes of at least 4 members (excludes halogenated alkanes) is 1. The molecule has 0 fully saturated rings. The van der Waals surface area contributed by atoms with Crippen molar-refractivity contribution in [1.82, 2.24) is 15.1 Å². The highest BCUT2D eigenvalue weighted by Gasteiger charge is 2.15. The Labute approximate surface area is 164 Å². The van der Waals surface area contributed by atoms with Crippen molar-refractivity contribution >= 4 is 29.9 Å². The normalized spacial score (nSPS) is 14.5. The van der Waals surface area contributed by atoms with Gasteiger partial charge in [-0.3, -0.25) is 9.89 Å². The van der Waals surface area contributed by atoms with Crippen LogP contribution in [0.2, 0.25) is 0 Å². The molecule has 1 aliphatic rings. The van der Waals surface area contributed by atoms with Crippen LogP contribution in [0.15, 0.2) is 41.9 Å². The van der Waals surface area contributed by atoms with Crippen LogP contribution >= 0.6 is 24.0 Å². The molecule has 134 valence electrons. The summed E-state index contributed by atoms with van der Waals surface area (Å²) in [6.45, 7) is 8.96. The zero-order valence-corrected chi connectivity index (χ0v) is 17.3. The van der Waals surface area contributed by atoms with Gasteiger partial charge in [0.2, 0.25) is 0 Å². The first-order chi connectivity index (χ1) is 11.2. The van der Waals surface area contributed by atoms with Gasteiger partial charge in [-0.05, 0) is 30.4 Å². The lowest BCUT2D eigenvalue weighted by molar-refractivity contribution is 0.257. The molecule has 0 amide bonds. The molecule has 2 rings (SSSR count). The minimum atomic E-state index is 0. The smallest absolute Gasteiger partial charge is 0.193 e. The molecule has 0 aromatic heterocycles. The molecule has 5 heteroatoms. The molecule has 0 unspecified atom stereocenters. The van der Waals surface area contributed by atoms with Gasteiger partial charge in [0, 0.05) is 46.8 Å². The molecule has 0 saturated heterocycles. The highest BCUT2D eigenvalue weighted by molar-refractivity contribution is 14.0. The van der Waals surface area contributed by atoms with E-state index in [2.05, 4.69) is 58.0 Å². The number of rotatable bonds is 7. The number of allylic oxidation sites excluding steroid dienone is 1. The van der Waals surface area contributed by atoms with Crippen LogP contribution in [-0.4, -0.2) is 56.0 Å². The summed E-state index contributed by atoms with van der Waals surface area (Å²) in [5.74, 6) is 0.978. The minimum absolute atomic E-state index is 0. The molecule has 24 heavy (non-hydrogen) atoms. The van der Waals surface area contributed by atoms with E-state index in [-0.39, 0.29) is 24.0 Å². The number of halogens is 1. The monoisotopic (exact) mass is 442 g/mol. The van der Waals surface area contributed by atoms with Gasteiger partial charge in [-0.15, -0.1) is 30.6 Å². The second kappa shape index (κ2) is 11.5. The largest absolute Gasteiger partial charge is 0.355 e. The molecule has 0 saturated carbocycles. The SMILES string of the molecule is C=CCCCN(C)C(=NC)NCCN1CCc2ccccc2C1.I. The summed E-state index contributed by atoms with van der Waals surface area (Å²) >= 11 is 0. The number of hydrogen-bond acceptors (Lipinski definition) is 2. The van der Waals surface area contributed by atoms with Crippen molar-refractivity contribution in [2.75, 3.05) is 40.3 Å². The Morgan fingerprint density at radius 1 is 1.38 bits per heavy atom. The van der Waals surface area contributed by atoms with Gasteiger partial charge in [0.05, 0.1) is 0 Å². The molecular weight excluding hydrogens is 411 g/mol. The number of hydrogen-bond donors (Lipinski definition) is 1. The molecule has 0 radical (unpaired) electrons. The average molecular weight is 442 g/mol. The van der Waals surface area contributed by atoms with E-state index >= 15 is 0 Å². The van der Waals surface area contributed by atoms with Crippen molar-refractivity contribution in [2.24, 2.45) is 4.99 Å². The summed E-state index contributed by atoms with van der Waals surface area (Å²) in [6, 6.07) is 8.79. The molecular formula is C19H31IN4. The Hall–Kier alpha value is -1.08. The average Bonchev–Trinajstić information content (AvgIpc) is 2.58. The van der Waals surface area contributed by atoms with Crippen molar-refractivity contribution in [1.29, 1.82) is 0 Å². The Morgan fingerprint density at radius 3 is 2.83 bits per heavy atom. The van der Waals surface area contributed by atoms with Crippen molar-refractivity contribution in [2.45, 2.75) is 25.8 Å². The fraction of sp³-hybridized carbons (Fsp3) is 0.526. The Balaban J connectivity index is 0.00000288. The number of fused-ring (bicyclic) bond motifs is 1. The van der Waals surface area contributed by atoms with Gasteiger partial charge >= 0.3 is 0 Å². The van der Waals surface area contributed by atoms with E-state index in [1.54, 1.807) is 0 Å². The molecule has 0 bridgehead atoms. The lowest BCUT2D eigenvalue weighted by Gasteiger charge is -2.29. The van der Waals surface area contributed by atoms with Gasteiger partial charge in [0.25, 0.3) is 0 Å². The molecule has 1 aliphatic heterocycles. The summed E-state index contributed by atoms with van der Waals surface area (Å²) in [6.07, 6.45) is 5.29. The number of nitrogens with one attached hydrogen (secondary N) is 1. The van der Waals surface area contributed by atoms with E-state index in [0.717, 1.165) is 57.9 Å². The van der Waals surface area contributed by atoms with Crippen LogP contribution < -0.4 is 5.32 Å². The molecule has 0 atom stereocenters. The third kappa shape index (κ3) is 6.43. The maximum Gasteiger partial charge on any atom is 0.193 e. The molecule has 4 nitrogen and oxygen atoms in total. The van der Waals surface area contributed by atoms with E-state index in [0.29, 0.717) is 0 Å². The van der Waals surface area contributed by atoms with Crippen LogP contribution in [-0.2, 0) is 13.0 Å². The molecule has 0 spiro atoms. The summed E-state index contributed by atoms with van der Waals surface area (Å²) in [7, 11) is 3.94. The minimum Gasteiger partial charge on any atom is -0.355 e. The fourth-order valence-corrected chi connectivity index (χ4v) is 3.03. The zero-order valence-electron chi connectivity index (χ0n) is 15.0. The maximum atomic E-state index is 4.37. The number of nitrogens with zero attached hydrogens (tertiary/aromatic N) is 3. The summed E-state index contributed by atoms with van der Waals surface area (Å²) in [4.78, 5) is 9.08. The van der Waals surface area contributed by atoms with E-state index in [9.17, 15) is 0 Å². The van der Waals surface area contributed by atoms with Crippen LogP contribution in [0.3, 0.4) is 0 Å². The molecule has 1 aromatic carbocycles. The van der Waals surface area contributed by atoms with E-state index < -0.39 is 0 Å².